The fourth-order valence-electron chi connectivity index (χ4n) is 2.34. The van der Waals surface area contributed by atoms with E-state index < -0.39 is 0 Å². The van der Waals surface area contributed by atoms with Gasteiger partial charge in [-0.15, -0.1) is 0 Å². The summed E-state index contributed by atoms with van der Waals surface area (Å²) in [5, 5.41) is 3.02. The van der Waals surface area contributed by atoms with Gasteiger partial charge in [0.2, 0.25) is 0 Å². The van der Waals surface area contributed by atoms with Crippen LogP contribution in [0.5, 0.6) is 0 Å². The highest BCUT2D eigenvalue weighted by atomic mass is 79.9. The summed E-state index contributed by atoms with van der Waals surface area (Å²) >= 11 is 3.38. The second kappa shape index (κ2) is 6.34. The van der Waals surface area contributed by atoms with Gasteiger partial charge in [-0.05, 0) is 44.6 Å². The van der Waals surface area contributed by atoms with Crippen molar-refractivity contribution in [1.82, 2.24) is 10.2 Å². The number of hydrogen-bond acceptors (Lipinski definition) is 2. The number of nitrogens with zero attached hydrogens (tertiary/aromatic N) is 1. The number of likely N-dealkylation sites (tertiary alicyclic amines) is 1. The molecule has 1 unspecified atom stereocenters. The molecule has 0 saturated carbocycles. The van der Waals surface area contributed by atoms with Crippen molar-refractivity contribution in [3.05, 3.63) is 34.3 Å². The molecule has 1 atom stereocenters. The van der Waals surface area contributed by atoms with E-state index in [-0.39, 0.29) is 5.91 Å². The van der Waals surface area contributed by atoms with Crippen LogP contribution in [0.4, 0.5) is 0 Å². The zero-order valence-electron chi connectivity index (χ0n) is 10.7. The zero-order valence-corrected chi connectivity index (χ0v) is 12.2. The summed E-state index contributed by atoms with van der Waals surface area (Å²) in [5.74, 6) is 0.00951. The predicted octanol–water partition coefficient (Wildman–Crippen LogP) is 2.66. The van der Waals surface area contributed by atoms with E-state index in [0.717, 1.165) is 17.6 Å². The van der Waals surface area contributed by atoms with Gasteiger partial charge in [0.05, 0.1) is 0 Å². The average Bonchev–Trinajstić information content (AvgIpc) is 2.37. The standard InChI is InChI=1S/C14H19BrN2O/c1-17-8-3-2-7-13(17)10-16-14(18)11-5-4-6-12(15)9-11/h4-6,9,13H,2-3,7-8,10H2,1H3,(H,16,18). The molecule has 1 aliphatic heterocycles. The third-order valence-corrected chi connectivity index (χ3v) is 4.00. The second-order valence-electron chi connectivity index (χ2n) is 4.85. The van der Waals surface area contributed by atoms with E-state index in [2.05, 4.69) is 33.2 Å². The number of rotatable bonds is 3. The Kier molecular flexibility index (Phi) is 4.78. The number of carbonyl (C=O) groups excluding carboxylic acids is 1. The molecule has 1 N–H and O–H groups in total. The van der Waals surface area contributed by atoms with Gasteiger partial charge in [0, 0.05) is 22.6 Å². The molecular formula is C14H19BrN2O. The summed E-state index contributed by atoms with van der Waals surface area (Å²) in [4.78, 5) is 14.3. The van der Waals surface area contributed by atoms with Crippen LogP contribution in [0.2, 0.25) is 0 Å². The Morgan fingerprint density at radius 2 is 2.33 bits per heavy atom. The van der Waals surface area contributed by atoms with Crippen molar-refractivity contribution in [2.75, 3.05) is 20.1 Å². The van der Waals surface area contributed by atoms with Crippen LogP contribution < -0.4 is 5.32 Å². The lowest BCUT2D eigenvalue weighted by molar-refractivity contribution is 0.0928. The minimum Gasteiger partial charge on any atom is -0.350 e. The Labute approximate surface area is 117 Å². The van der Waals surface area contributed by atoms with Gasteiger partial charge in [-0.25, -0.2) is 0 Å². The molecule has 3 nitrogen and oxygen atoms in total. The Morgan fingerprint density at radius 1 is 1.50 bits per heavy atom. The Balaban J connectivity index is 1.88. The van der Waals surface area contributed by atoms with Crippen LogP contribution in [0.15, 0.2) is 28.7 Å². The minimum absolute atomic E-state index is 0.00951. The molecule has 0 aliphatic carbocycles. The van der Waals surface area contributed by atoms with Gasteiger partial charge in [-0.1, -0.05) is 28.4 Å². The van der Waals surface area contributed by atoms with E-state index in [1.807, 2.05) is 24.3 Å². The van der Waals surface area contributed by atoms with Crippen LogP contribution in [-0.4, -0.2) is 37.0 Å². The number of benzene rings is 1. The number of halogens is 1. The third kappa shape index (κ3) is 3.56. The fraction of sp³-hybridized carbons (Fsp3) is 0.500. The molecule has 1 saturated heterocycles. The van der Waals surface area contributed by atoms with Crippen LogP contribution in [-0.2, 0) is 0 Å². The van der Waals surface area contributed by atoms with Crippen LogP contribution in [0.25, 0.3) is 0 Å². The largest absolute Gasteiger partial charge is 0.350 e. The lowest BCUT2D eigenvalue weighted by atomic mass is 10.0. The predicted molar refractivity (Wildman–Crippen MR) is 76.7 cm³/mol. The summed E-state index contributed by atoms with van der Waals surface area (Å²) in [7, 11) is 2.13. The highest BCUT2D eigenvalue weighted by Gasteiger charge is 2.19. The normalized spacial score (nSPS) is 20.7. The summed E-state index contributed by atoms with van der Waals surface area (Å²) < 4.78 is 0.935. The van der Waals surface area contributed by atoms with Gasteiger partial charge in [0.15, 0.2) is 0 Å². The molecule has 1 heterocycles. The first-order valence-corrected chi connectivity index (χ1v) is 7.20. The molecule has 1 aliphatic rings. The van der Waals surface area contributed by atoms with Crippen LogP contribution in [0, 0.1) is 0 Å². The molecule has 0 radical (unpaired) electrons. The molecule has 0 spiro atoms. The first-order valence-electron chi connectivity index (χ1n) is 6.41. The zero-order chi connectivity index (χ0) is 13.0. The Bertz CT molecular complexity index is 422. The molecule has 1 fully saturated rings. The van der Waals surface area contributed by atoms with E-state index in [1.165, 1.54) is 19.3 Å². The number of nitrogens with one attached hydrogen (secondary N) is 1. The molecule has 0 aromatic heterocycles. The van der Waals surface area contributed by atoms with E-state index >= 15 is 0 Å². The highest BCUT2D eigenvalue weighted by molar-refractivity contribution is 9.10. The fourth-order valence-corrected chi connectivity index (χ4v) is 2.74. The van der Waals surface area contributed by atoms with E-state index in [1.54, 1.807) is 0 Å². The van der Waals surface area contributed by atoms with Crippen molar-refractivity contribution in [2.24, 2.45) is 0 Å². The average molecular weight is 311 g/mol. The molecule has 18 heavy (non-hydrogen) atoms. The molecule has 4 heteroatoms. The van der Waals surface area contributed by atoms with Gasteiger partial charge in [-0.2, -0.15) is 0 Å². The molecule has 98 valence electrons. The number of carbonyl (C=O) groups is 1. The summed E-state index contributed by atoms with van der Waals surface area (Å²) in [6.07, 6.45) is 3.71. The van der Waals surface area contributed by atoms with E-state index in [0.29, 0.717) is 11.6 Å². The number of hydrogen-bond donors (Lipinski definition) is 1. The molecule has 1 aromatic carbocycles. The van der Waals surface area contributed by atoms with E-state index in [4.69, 9.17) is 0 Å². The van der Waals surface area contributed by atoms with Gasteiger partial charge in [0.25, 0.3) is 5.91 Å². The highest BCUT2D eigenvalue weighted by Crippen LogP contribution is 2.15. The lowest BCUT2D eigenvalue weighted by Crippen LogP contribution is -2.44. The molecule has 1 amide bonds. The maximum atomic E-state index is 12.0. The van der Waals surface area contributed by atoms with Crippen molar-refractivity contribution in [1.29, 1.82) is 0 Å². The van der Waals surface area contributed by atoms with Gasteiger partial charge in [0.1, 0.15) is 0 Å². The van der Waals surface area contributed by atoms with Crippen molar-refractivity contribution >= 4 is 21.8 Å². The van der Waals surface area contributed by atoms with Crippen LogP contribution >= 0.6 is 15.9 Å². The molecular weight excluding hydrogens is 292 g/mol. The minimum atomic E-state index is 0.00951. The van der Waals surface area contributed by atoms with Crippen molar-refractivity contribution < 1.29 is 4.79 Å². The third-order valence-electron chi connectivity index (χ3n) is 3.51. The molecule has 0 bridgehead atoms. The van der Waals surface area contributed by atoms with Crippen molar-refractivity contribution in [3.63, 3.8) is 0 Å². The Hall–Kier alpha value is -0.870. The van der Waals surface area contributed by atoms with Gasteiger partial charge in [-0.3, -0.25) is 4.79 Å². The second-order valence-corrected chi connectivity index (χ2v) is 5.77. The number of amides is 1. The topological polar surface area (TPSA) is 32.3 Å². The van der Waals surface area contributed by atoms with E-state index in [9.17, 15) is 4.79 Å². The first-order chi connectivity index (χ1) is 8.66. The van der Waals surface area contributed by atoms with Gasteiger partial charge < -0.3 is 10.2 Å². The molecule has 2 rings (SSSR count). The van der Waals surface area contributed by atoms with Crippen molar-refractivity contribution in [2.45, 2.75) is 25.3 Å². The number of piperidine rings is 1. The summed E-state index contributed by atoms with van der Waals surface area (Å²) in [6, 6.07) is 7.97. The molecule has 1 aromatic rings. The lowest BCUT2D eigenvalue weighted by Gasteiger charge is -2.32. The van der Waals surface area contributed by atoms with Crippen molar-refractivity contribution in [3.8, 4) is 0 Å². The summed E-state index contributed by atoms with van der Waals surface area (Å²) in [6.45, 7) is 1.87. The monoisotopic (exact) mass is 310 g/mol. The van der Waals surface area contributed by atoms with Crippen LogP contribution in [0.1, 0.15) is 29.6 Å². The smallest absolute Gasteiger partial charge is 0.251 e. The SMILES string of the molecule is CN1CCCCC1CNC(=O)c1cccc(Br)c1. The maximum absolute atomic E-state index is 12.0. The first kappa shape index (κ1) is 13.6. The quantitative estimate of drug-likeness (QED) is 0.931. The maximum Gasteiger partial charge on any atom is 0.251 e. The number of likely N-dealkylation sites (N-methyl/N-ethyl adjacent to an activating group) is 1. The Morgan fingerprint density at radius 3 is 3.06 bits per heavy atom. The summed E-state index contributed by atoms with van der Waals surface area (Å²) in [5.41, 5.74) is 0.711. The van der Waals surface area contributed by atoms with Crippen LogP contribution in [0.3, 0.4) is 0 Å². The van der Waals surface area contributed by atoms with Gasteiger partial charge >= 0.3 is 0 Å².